The van der Waals surface area contributed by atoms with E-state index in [1.165, 1.54) is 0 Å². The van der Waals surface area contributed by atoms with Crippen LogP contribution in [0.2, 0.25) is 0 Å². The molecule has 5 nitrogen and oxygen atoms in total. The van der Waals surface area contributed by atoms with Crippen molar-refractivity contribution in [3.05, 3.63) is 30.3 Å². The standard InChI is InChI=1S/C7H9N3O2/c8-7(11)10-12-9-6-4-2-1-3-5-6/h1-5,9H,(H3,8,10,11). The molecule has 0 spiro atoms. The number of urea groups is 1. The van der Waals surface area contributed by atoms with Crippen molar-refractivity contribution < 1.29 is 9.73 Å². The minimum Gasteiger partial charge on any atom is -0.350 e. The molecule has 4 N–H and O–H groups in total. The summed E-state index contributed by atoms with van der Waals surface area (Å²) in [6.07, 6.45) is 0. The van der Waals surface area contributed by atoms with E-state index in [-0.39, 0.29) is 0 Å². The van der Waals surface area contributed by atoms with Crippen LogP contribution in [0, 0.1) is 0 Å². The van der Waals surface area contributed by atoms with E-state index >= 15 is 0 Å². The van der Waals surface area contributed by atoms with E-state index in [1.807, 2.05) is 23.7 Å². The molecular weight excluding hydrogens is 158 g/mol. The number of hydrogen-bond donors (Lipinski definition) is 3. The first kappa shape index (κ1) is 8.35. The van der Waals surface area contributed by atoms with Crippen molar-refractivity contribution >= 4 is 11.7 Å². The fourth-order valence-electron chi connectivity index (χ4n) is 0.641. The van der Waals surface area contributed by atoms with E-state index in [1.54, 1.807) is 12.1 Å². The predicted octanol–water partition coefficient (Wildman–Crippen LogP) is 0.613. The van der Waals surface area contributed by atoms with Crippen LogP contribution < -0.4 is 16.7 Å². The van der Waals surface area contributed by atoms with Crippen molar-refractivity contribution in [3.8, 4) is 0 Å². The highest BCUT2D eigenvalue weighted by Crippen LogP contribution is 2.03. The van der Waals surface area contributed by atoms with Crippen LogP contribution in [0.25, 0.3) is 0 Å². The Hall–Kier alpha value is -1.75. The highest BCUT2D eigenvalue weighted by molar-refractivity contribution is 5.70. The minimum absolute atomic E-state index is 0.728. The van der Waals surface area contributed by atoms with Gasteiger partial charge in [-0.1, -0.05) is 18.2 Å². The van der Waals surface area contributed by atoms with Gasteiger partial charge in [-0.15, -0.1) is 0 Å². The summed E-state index contributed by atoms with van der Waals surface area (Å²) in [6.45, 7) is 0. The number of rotatable bonds is 3. The Labute approximate surface area is 69.4 Å². The number of amides is 2. The topological polar surface area (TPSA) is 76.4 Å². The molecule has 1 aromatic rings. The Morgan fingerprint density at radius 1 is 1.33 bits per heavy atom. The largest absolute Gasteiger partial charge is 0.350 e. The summed E-state index contributed by atoms with van der Waals surface area (Å²) in [5.41, 5.74) is 9.86. The Morgan fingerprint density at radius 3 is 2.58 bits per heavy atom. The maximum atomic E-state index is 10.1. The number of nitrogens with one attached hydrogen (secondary N) is 2. The fourth-order valence-corrected chi connectivity index (χ4v) is 0.641. The molecular formula is C7H9N3O2. The molecule has 0 aliphatic heterocycles. The van der Waals surface area contributed by atoms with Crippen molar-refractivity contribution in [2.24, 2.45) is 5.73 Å². The normalized spacial score (nSPS) is 9.00. The molecule has 0 unspecified atom stereocenters. The maximum absolute atomic E-state index is 10.1. The number of benzene rings is 1. The van der Waals surface area contributed by atoms with E-state index in [0.717, 1.165) is 5.69 Å². The summed E-state index contributed by atoms with van der Waals surface area (Å²) < 4.78 is 0. The van der Waals surface area contributed by atoms with Crippen LogP contribution in [0.3, 0.4) is 0 Å². The van der Waals surface area contributed by atoms with E-state index < -0.39 is 6.03 Å². The van der Waals surface area contributed by atoms with Crippen LogP contribution in [0.1, 0.15) is 0 Å². The number of nitrogens with two attached hydrogens (primary N) is 1. The lowest BCUT2D eigenvalue weighted by Gasteiger charge is -2.04. The average molecular weight is 167 g/mol. The first-order valence-electron chi connectivity index (χ1n) is 3.31. The van der Waals surface area contributed by atoms with Crippen LogP contribution in [0.5, 0.6) is 0 Å². The van der Waals surface area contributed by atoms with Crippen LogP contribution >= 0.6 is 0 Å². The van der Waals surface area contributed by atoms with E-state index in [9.17, 15) is 4.79 Å². The zero-order valence-electron chi connectivity index (χ0n) is 6.28. The number of hydroxylamine groups is 1. The molecule has 0 bridgehead atoms. The van der Waals surface area contributed by atoms with Crippen molar-refractivity contribution in [3.63, 3.8) is 0 Å². The molecule has 12 heavy (non-hydrogen) atoms. The second kappa shape index (κ2) is 4.20. The number of para-hydroxylation sites is 1. The van der Waals surface area contributed by atoms with Crippen LogP contribution in [-0.2, 0) is 4.94 Å². The lowest BCUT2D eigenvalue weighted by atomic mass is 10.3. The van der Waals surface area contributed by atoms with E-state index in [0.29, 0.717) is 0 Å². The van der Waals surface area contributed by atoms with Gasteiger partial charge >= 0.3 is 6.03 Å². The molecule has 1 rings (SSSR count). The number of carbonyl (C=O) groups excluding carboxylic acids is 1. The summed E-state index contributed by atoms with van der Waals surface area (Å²) >= 11 is 0. The Balaban J connectivity index is 2.29. The lowest BCUT2D eigenvalue weighted by molar-refractivity contribution is 0.109. The van der Waals surface area contributed by atoms with Crippen molar-refractivity contribution in [1.82, 2.24) is 5.48 Å². The van der Waals surface area contributed by atoms with Gasteiger partial charge in [0.15, 0.2) is 0 Å². The Bertz CT molecular complexity index is 250. The number of carbonyl (C=O) groups is 1. The highest BCUT2D eigenvalue weighted by Gasteiger charge is 1.90. The van der Waals surface area contributed by atoms with Gasteiger partial charge in [0.25, 0.3) is 0 Å². The van der Waals surface area contributed by atoms with Gasteiger partial charge in [0, 0.05) is 0 Å². The molecule has 0 fully saturated rings. The van der Waals surface area contributed by atoms with Gasteiger partial charge in [-0.25, -0.2) is 10.3 Å². The van der Waals surface area contributed by atoms with Gasteiger partial charge in [-0.2, -0.15) is 10.4 Å². The third-order valence-electron chi connectivity index (χ3n) is 1.09. The van der Waals surface area contributed by atoms with Crippen molar-refractivity contribution in [2.75, 3.05) is 5.48 Å². The molecule has 0 saturated carbocycles. The number of hydrogen-bond acceptors (Lipinski definition) is 3. The molecule has 0 aromatic heterocycles. The zero-order valence-corrected chi connectivity index (χ0v) is 6.28. The molecule has 0 aliphatic carbocycles. The maximum Gasteiger partial charge on any atom is 0.338 e. The monoisotopic (exact) mass is 167 g/mol. The molecule has 64 valence electrons. The molecule has 2 amide bonds. The molecule has 0 aliphatic rings. The third-order valence-corrected chi connectivity index (χ3v) is 1.09. The van der Waals surface area contributed by atoms with Gasteiger partial charge in [-0.05, 0) is 12.1 Å². The Kier molecular flexibility index (Phi) is 2.92. The fraction of sp³-hybridized carbons (Fsp3) is 0. The molecule has 1 aromatic carbocycles. The van der Waals surface area contributed by atoms with Gasteiger partial charge in [0.05, 0.1) is 5.69 Å². The van der Waals surface area contributed by atoms with Crippen molar-refractivity contribution in [1.29, 1.82) is 0 Å². The third kappa shape index (κ3) is 2.89. The van der Waals surface area contributed by atoms with Gasteiger partial charge in [0.1, 0.15) is 0 Å². The number of anilines is 1. The van der Waals surface area contributed by atoms with Crippen LogP contribution in [-0.4, -0.2) is 6.03 Å². The van der Waals surface area contributed by atoms with Gasteiger partial charge in [0.2, 0.25) is 0 Å². The second-order valence-corrected chi connectivity index (χ2v) is 2.04. The SMILES string of the molecule is NC(=O)NONc1ccccc1. The Morgan fingerprint density at radius 2 is 2.00 bits per heavy atom. The van der Waals surface area contributed by atoms with Gasteiger partial charge < -0.3 is 5.73 Å². The van der Waals surface area contributed by atoms with E-state index in [2.05, 4.69) is 10.4 Å². The van der Waals surface area contributed by atoms with Crippen LogP contribution in [0.15, 0.2) is 30.3 Å². The summed E-state index contributed by atoms with van der Waals surface area (Å²) in [6, 6.07) is 8.34. The first-order valence-corrected chi connectivity index (χ1v) is 3.31. The highest BCUT2D eigenvalue weighted by atomic mass is 16.8. The average Bonchev–Trinajstić information content (AvgIpc) is 2.05. The second-order valence-electron chi connectivity index (χ2n) is 2.04. The first-order chi connectivity index (χ1) is 5.79. The summed E-state index contributed by atoms with van der Waals surface area (Å²) in [7, 11) is 0. The minimum atomic E-state index is -0.751. The summed E-state index contributed by atoms with van der Waals surface area (Å²) in [5, 5.41) is 0. The van der Waals surface area contributed by atoms with Gasteiger partial charge in [-0.3, -0.25) is 0 Å². The number of primary amides is 1. The summed E-state index contributed by atoms with van der Waals surface area (Å²) in [4.78, 5) is 14.6. The quantitative estimate of drug-likeness (QED) is 0.577. The molecule has 0 radical (unpaired) electrons. The van der Waals surface area contributed by atoms with Crippen molar-refractivity contribution in [2.45, 2.75) is 0 Å². The van der Waals surface area contributed by atoms with Crippen LogP contribution in [0.4, 0.5) is 10.5 Å². The molecule has 0 heterocycles. The summed E-state index contributed by atoms with van der Waals surface area (Å²) in [5.74, 6) is 0. The zero-order chi connectivity index (χ0) is 8.81. The van der Waals surface area contributed by atoms with E-state index in [4.69, 9.17) is 5.73 Å². The molecule has 0 atom stereocenters. The molecule has 5 heteroatoms. The molecule has 0 saturated heterocycles. The lowest BCUT2D eigenvalue weighted by Crippen LogP contribution is -2.31. The smallest absolute Gasteiger partial charge is 0.338 e. The predicted molar refractivity (Wildman–Crippen MR) is 43.9 cm³/mol.